The molecule has 1 rings (SSSR count). The van der Waals surface area contributed by atoms with Gasteiger partial charge in [-0.15, -0.1) is 0 Å². The van der Waals surface area contributed by atoms with Crippen molar-refractivity contribution in [3.8, 4) is 0 Å². The predicted molar refractivity (Wildman–Crippen MR) is 73.1 cm³/mol. The van der Waals surface area contributed by atoms with Gasteiger partial charge in [0.1, 0.15) is 11.4 Å². The van der Waals surface area contributed by atoms with Gasteiger partial charge in [-0.1, -0.05) is 27.7 Å². The van der Waals surface area contributed by atoms with Crippen LogP contribution in [0.3, 0.4) is 0 Å². The number of carbonyl (C=O) groups is 2. The van der Waals surface area contributed by atoms with Crippen molar-refractivity contribution in [3.63, 3.8) is 0 Å². The zero-order valence-corrected chi connectivity index (χ0v) is 11.7. The fourth-order valence-corrected chi connectivity index (χ4v) is 1.44. The maximum absolute atomic E-state index is 11.9. The molecule has 2 N–H and O–H groups in total. The van der Waals surface area contributed by atoms with Gasteiger partial charge in [0.2, 0.25) is 5.91 Å². The second-order valence-corrected chi connectivity index (χ2v) is 5.72. The minimum atomic E-state index is -1.10. The van der Waals surface area contributed by atoms with Gasteiger partial charge >= 0.3 is 5.97 Å². The van der Waals surface area contributed by atoms with Gasteiger partial charge in [-0.3, -0.25) is 4.79 Å². The van der Waals surface area contributed by atoms with Gasteiger partial charge in [0.25, 0.3) is 0 Å². The highest BCUT2D eigenvalue weighted by atomic mass is 16.4. The number of hydrogen-bond donors (Lipinski definition) is 2. The Morgan fingerprint density at radius 3 is 2.58 bits per heavy atom. The molecule has 1 aromatic rings. The van der Waals surface area contributed by atoms with Crippen LogP contribution in [0, 0.1) is 11.3 Å². The first kappa shape index (κ1) is 15.1. The van der Waals surface area contributed by atoms with E-state index >= 15 is 0 Å². The van der Waals surface area contributed by atoms with E-state index in [1.165, 1.54) is 18.3 Å². The standard InChI is InChI=1S/C14H20N2O3/c1-9(14(2,3)4)8-11(17)16-12-10(13(18)19)6-5-7-15-12/h5-7,9H,8H2,1-4H3,(H,18,19)(H,15,16,17). The van der Waals surface area contributed by atoms with E-state index in [4.69, 9.17) is 5.11 Å². The number of aromatic carboxylic acids is 1. The lowest BCUT2D eigenvalue weighted by atomic mass is 9.80. The van der Waals surface area contributed by atoms with Crippen LogP contribution in [-0.2, 0) is 4.79 Å². The van der Waals surface area contributed by atoms with Crippen molar-refractivity contribution < 1.29 is 14.7 Å². The van der Waals surface area contributed by atoms with Crippen molar-refractivity contribution in [2.24, 2.45) is 11.3 Å². The fourth-order valence-electron chi connectivity index (χ4n) is 1.44. The SMILES string of the molecule is CC(CC(=O)Nc1ncccc1C(=O)O)C(C)(C)C. The molecule has 19 heavy (non-hydrogen) atoms. The molecule has 5 heteroatoms. The Hall–Kier alpha value is -1.91. The Bertz CT molecular complexity index is 478. The van der Waals surface area contributed by atoms with Gasteiger partial charge in [-0.2, -0.15) is 0 Å². The minimum absolute atomic E-state index is 0.000684. The smallest absolute Gasteiger partial charge is 0.339 e. The van der Waals surface area contributed by atoms with Crippen molar-refractivity contribution in [3.05, 3.63) is 23.9 Å². The number of nitrogens with zero attached hydrogens (tertiary/aromatic N) is 1. The van der Waals surface area contributed by atoms with E-state index in [0.29, 0.717) is 6.42 Å². The van der Waals surface area contributed by atoms with Crippen LogP contribution in [0.4, 0.5) is 5.82 Å². The molecule has 0 aromatic carbocycles. The summed E-state index contributed by atoms with van der Waals surface area (Å²) >= 11 is 0. The summed E-state index contributed by atoms with van der Waals surface area (Å²) < 4.78 is 0. The number of hydrogen-bond acceptors (Lipinski definition) is 3. The van der Waals surface area contributed by atoms with Crippen LogP contribution in [-0.4, -0.2) is 22.0 Å². The van der Waals surface area contributed by atoms with Crippen LogP contribution >= 0.6 is 0 Å². The molecule has 0 fully saturated rings. The van der Waals surface area contributed by atoms with E-state index in [-0.39, 0.29) is 28.6 Å². The molecule has 0 aliphatic rings. The summed E-state index contributed by atoms with van der Waals surface area (Å²) in [7, 11) is 0. The Labute approximate surface area is 113 Å². The van der Waals surface area contributed by atoms with Crippen LogP contribution in [0.1, 0.15) is 44.5 Å². The van der Waals surface area contributed by atoms with Crippen molar-refractivity contribution in [1.29, 1.82) is 0 Å². The summed E-state index contributed by atoms with van der Waals surface area (Å²) in [5.74, 6) is -1.04. The molecule has 1 unspecified atom stereocenters. The molecule has 0 saturated heterocycles. The molecule has 1 heterocycles. The molecule has 1 amide bonds. The van der Waals surface area contributed by atoms with Crippen LogP contribution in [0.25, 0.3) is 0 Å². The quantitative estimate of drug-likeness (QED) is 0.876. The van der Waals surface area contributed by atoms with Gasteiger partial charge in [0.15, 0.2) is 0 Å². The molecule has 1 atom stereocenters. The van der Waals surface area contributed by atoms with Gasteiger partial charge in [0, 0.05) is 12.6 Å². The number of amides is 1. The van der Waals surface area contributed by atoms with Gasteiger partial charge < -0.3 is 10.4 Å². The number of carboxylic acid groups (broad SMARTS) is 1. The van der Waals surface area contributed by atoms with E-state index in [9.17, 15) is 9.59 Å². The number of carboxylic acids is 1. The number of nitrogens with one attached hydrogen (secondary N) is 1. The molecule has 0 radical (unpaired) electrons. The minimum Gasteiger partial charge on any atom is -0.478 e. The molecule has 0 spiro atoms. The normalized spacial score (nSPS) is 12.8. The van der Waals surface area contributed by atoms with Gasteiger partial charge in [-0.25, -0.2) is 9.78 Å². The van der Waals surface area contributed by atoms with E-state index in [0.717, 1.165) is 0 Å². The molecule has 0 saturated carbocycles. The zero-order valence-electron chi connectivity index (χ0n) is 11.7. The lowest BCUT2D eigenvalue weighted by Gasteiger charge is -2.26. The lowest BCUT2D eigenvalue weighted by molar-refractivity contribution is -0.117. The highest BCUT2D eigenvalue weighted by molar-refractivity contribution is 5.99. The maximum atomic E-state index is 11.9. The highest BCUT2D eigenvalue weighted by Gasteiger charge is 2.23. The number of carbonyl (C=O) groups excluding carboxylic acids is 1. The third kappa shape index (κ3) is 4.35. The average Bonchev–Trinajstić information content (AvgIpc) is 2.27. The molecule has 0 aliphatic heterocycles. The Morgan fingerprint density at radius 1 is 1.42 bits per heavy atom. The first-order valence-electron chi connectivity index (χ1n) is 6.20. The first-order chi connectivity index (χ1) is 8.71. The Morgan fingerprint density at radius 2 is 2.05 bits per heavy atom. The number of aromatic nitrogens is 1. The topological polar surface area (TPSA) is 79.3 Å². The van der Waals surface area contributed by atoms with Crippen LogP contribution in [0.5, 0.6) is 0 Å². The van der Waals surface area contributed by atoms with Crippen LogP contribution in [0.15, 0.2) is 18.3 Å². The highest BCUT2D eigenvalue weighted by Crippen LogP contribution is 2.28. The summed E-state index contributed by atoms with van der Waals surface area (Å²) in [6, 6.07) is 2.94. The summed E-state index contributed by atoms with van der Waals surface area (Å²) in [6.07, 6.45) is 1.79. The molecule has 1 aromatic heterocycles. The zero-order chi connectivity index (χ0) is 14.6. The summed E-state index contributed by atoms with van der Waals surface area (Å²) in [5, 5.41) is 11.6. The van der Waals surface area contributed by atoms with Crippen LogP contribution in [0.2, 0.25) is 0 Å². The Kier molecular flexibility index (Phi) is 4.64. The van der Waals surface area contributed by atoms with Crippen molar-refractivity contribution in [1.82, 2.24) is 4.98 Å². The van der Waals surface area contributed by atoms with Crippen LogP contribution < -0.4 is 5.32 Å². The second kappa shape index (κ2) is 5.82. The third-order valence-corrected chi connectivity index (χ3v) is 3.27. The predicted octanol–water partition coefficient (Wildman–Crippen LogP) is 2.79. The fraction of sp³-hybridized carbons (Fsp3) is 0.500. The Balaban J connectivity index is 2.76. The lowest BCUT2D eigenvalue weighted by Crippen LogP contribution is -2.24. The first-order valence-corrected chi connectivity index (χ1v) is 6.20. The third-order valence-electron chi connectivity index (χ3n) is 3.27. The molecular formula is C14H20N2O3. The molecule has 5 nitrogen and oxygen atoms in total. The molecule has 0 bridgehead atoms. The van der Waals surface area contributed by atoms with E-state index in [1.54, 1.807) is 0 Å². The number of rotatable bonds is 4. The monoisotopic (exact) mass is 264 g/mol. The van der Waals surface area contributed by atoms with Gasteiger partial charge in [-0.05, 0) is 23.5 Å². The largest absolute Gasteiger partial charge is 0.478 e. The number of pyridine rings is 1. The summed E-state index contributed by atoms with van der Waals surface area (Å²) in [4.78, 5) is 26.8. The summed E-state index contributed by atoms with van der Waals surface area (Å²) in [6.45, 7) is 8.19. The van der Waals surface area contributed by atoms with E-state index < -0.39 is 5.97 Å². The number of anilines is 1. The molecular weight excluding hydrogens is 244 g/mol. The molecule has 104 valence electrons. The summed E-state index contributed by atoms with van der Waals surface area (Å²) in [5.41, 5.74) is 0.0242. The maximum Gasteiger partial charge on any atom is 0.339 e. The second-order valence-electron chi connectivity index (χ2n) is 5.72. The van der Waals surface area contributed by atoms with E-state index in [2.05, 4.69) is 31.1 Å². The van der Waals surface area contributed by atoms with Crippen molar-refractivity contribution in [2.45, 2.75) is 34.1 Å². The van der Waals surface area contributed by atoms with Crippen molar-refractivity contribution in [2.75, 3.05) is 5.32 Å². The molecule has 0 aliphatic carbocycles. The van der Waals surface area contributed by atoms with Crippen molar-refractivity contribution >= 4 is 17.7 Å². The van der Waals surface area contributed by atoms with Gasteiger partial charge in [0.05, 0.1) is 0 Å². The van der Waals surface area contributed by atoms with E-state index in [1.807, 2.05) is 6.92 Å². The average molecular weight is 264 g/mol.